The smallest absolute Gasteiger partial charge is 0.309 e. The molecule has 0 heterocycles. The molecular weight excluding hydrogens is 282 g/mol. The largest absolute Gasteiger partial charge is 0.481 e. The molecule has 3 aliphatic rings. The zero-order chi connectivity index (χ0) is 16.4. The number of amides is 1. The molecule has 2 N–H and O–H groups in total. The number of carbonyl (C=O) groups is 2. The third-order valence-electron chi connectivity index (χ3n) is 7.36. The van der Waals surface area contributed by atoms with Crippen LogP contribution in [0, 0.1) is 16.2 Å². The van der Waals surface area contributed by atoms with Crippen LogP contribution in [0.3, 0.4) is 0 Å². The molecular formula is C17H27NO4. The normalized spacial score (nSPS) is 45.4. The molecule has 3 saturated carbocycles. The Hall–Kier alpha value is -1.10. The lowest BCUT2D eigenvalue weighted by atomic mass is 9.55. The number of hydrogen-bond acceptors (Lipinski definition) is 3. The van der Waals surface area contributed by atoms with E-state index < -0.39 is 16.8 Å². The summed E-state index contributed by atoms with van der Waals surface area (Å²) < 4.78 is 5.60. The van der Waals surface area contributed by atoms with Crippen molar-refractivity contribution in [2.75, 3.05) is 7.11 Å². The Labute approximate surface area is 131 Å². The monoisotopic (exact) mass is 309 g/mol. The number of ether oxygens (including phenoxy) is 1. The summed E-state index contributed by atoms with van der Waals surface area (Å²) in [7, 11) is 1.72. The molecule has 2 bridgehead atoms. The molecule has 124 valence electrons. The van der Waals surface area contributed by atoms with Gasteiger partial charge in [0.25, 0.3) is 0 Å². The summed E-state index contributed by atoms with van der Waals surface area (Å²) in [5, 5.41) is 12.7. The molecule has 3 rings (SSSR count). The van der Waals surface area contributed by atoms with Gasteiger partial charge in [-0.15, -0.1) is 0 Å². The second kappa shape index (κ2) is 4.47. The topological polar surface area (TPSA) is 75.6 Å². The number of rotatable bonds is 4. The molecule has 0 radical (unpaired) electrons. The predicted octanol–water partition coefficient (Wildman–Crippen LogP) is 2.34. The molecule has 0 spiro atoms. The van der Waals surface area contributed by atoms with Crippen molar-refractivity contribution in [3.63, 3.8) is 0 Å². The Kier molecular flexibility index (Phi) is 3.20. The SMILES string of the molecule is COC1(C)CC(NC(=O)C23CCC(C(=O)O)(CC2)C3)C1(C)C. The van der Waals surface area contributed by atoms with Gasteiger partial charge in [-0.1, -0.05) is 13.8 Å². The molecule has 0 aromatic carbocycles. The van der Waals surface area contributed by atoms with Gasteiger partial charge >= 0.3 is 5.97 Å². The highest BCUT2D eigenvalue weighted by Gasteiger charge is 2.63. The fraction of sp³-hybridized carbons (Fsp3) is 0.882. The van der Waals surface area contributed by atoms with Gasteiger partial charge in [-0.2, -0.15) is 0 Å². The molecule has 3 aliphatic carbocycles. The Bertz CT molecular complexity index is 519. The van der Waals surface area contributed by atoms with Crippen LogP contribution < -0.4 is 5.32 Å². The first-order valence-corrected chi connectivity index (χ1v) is 8.20. The molecule has 0 saturated heterocycles. The van der Waals surface area contributed by atoms with Gasteiger partial charge in [-0.05, 0) is 45.4 Å². The standard InChI is InChI=1S/C17H27NO4/c1-14(2)11(9-15(14,3)22-4)18-12(19)16-5-7-17(10-16,8-6-16)13(20)21/h11H,5-10H2,1-4H3,(H,18,19)(H,20,21). The summed E-state index contributed by atoms with van der Waals surface area (Å²) in [6.07, 6.45) is 4.01. The number of aliphatic carboxylic acids is 1. The Morgan fingerprint density at radius 2 is 1.64 bits per heavy atom. The van der Waals surface area contributed by atoms with Crippen LogP contribution in [-0.2, 0) is 14.3 Å². The van der Waals surface area contributed by atoms with Crippen molar-refractivity contribution in [1.82, 2.24) is 5.32 Å². The van der Waals surface area contributed by atoms with Gasteiger partial charge in [0, 0.05) is 18.6 Å². The molecule has 0 aliphatic heterocycles. The molecule has 22 heavy (non-hydrogen) atoms. The molecule has 0 aromatic rings. The maximum Gasteiger partial charge on any atom is 0.309 e. The van der Waals surface area contributed by atoms with Crippen molar-refractivity contribution < 1.29 is 19.4 Å². The summed E-state index contributed by atoms with van der Waals surface area (Å²) in [6.45, 7) is 6.31. The van der Waals surface area contributed by atoms with Crippen LogP contribution in [0.5, 0.6) is 0 Å². The van der Waals surface area contributed by atoms with Crippen molar-refractivity contribution in [2.45, 2.75) is 70.9 Å². The fourth-order valence-corrected chi connectivity index (χ4v) is 4.84. The number of carbonyl (C=O) groups excluding carboxylic acids is 1. The second-order valence-corrected chi connectivity index (χ2v) is 8.43. The van der Waals surface area contributed by atoms with Gasteiger partial charge in [-0.3, -0.25) is 9.59 Å². The van der Waals surface area contributed by atoms with E-state index in [0.717, 1.165) is 6.42 Å². The summed E-state index contributed by atoms with van der Waals surface area (Å²) in [6, 6.07) is 0.0970. The number of carboxylic acids is 1. The molecule has 5 heteroatoms. The molecule has 0 aromatic heterocycles. The number of nitrogens with one attached hydrogen (secondary N) is 1. The van der Waals surface area contributed by atoms with Crippen molar-refractivity contribution in [1.29, 1.82) is 0 Å². The lowest BCUT2D eigenvalue weighted by Gasteiger charge is -2.59. The van der Waals surface area contributed by atoms with Crippen molar-refractivity contribution >= 4 is 11.9 Å². The van der Waals surface area contributed by atoms with E-state index in [2.05, 4.69) is 26.1 Å². The first-order valence-electron chi connectivity index (χ1n) is 8.20. The highest BCUT2D eigenvalue weighted by atomic mass is 16.5. The number of carboxylic acid groups (broad SMARTS) is 1. The first kappa shape index (κ1) is 15.8. The van der Waals surface area contributed by atoms with E-state index in [-0.39, 0.29) is 23.0 Å². The highest BCUT2D eigenvalue weighted by molar-refractivity contribution is 5.87. The predicted molar refractivity (Wildman–Crippen MR) is 81.3 cm³/mol. The number of fused-ring (bicyclic) bond motifs is 2. The average Bonchev–Trinajstić information content (AvgIpc) is 3.05. The van der Waals surface area contributed by atoms with E-state index in [1.54, 1.807) is 7.11 Å². The van der Waals surface area contributed by atoms with Gasteiger partial charge in [0.2, 0.25) is 5.91 Å². The quantitative estimate of drug-likeness (QED) is 0.836. The van der Waals surface area contributed by atoms with Crippen molar-refractivity contribution in [3.8, 4) is 0 Å². The van der Waals surface area contributed by atoms with Crippen LogP contribution in [0.1, 0.15) is 59.3 Å². The third kappa shape index (κ3) is 1.81. The van der Waals surface area contributed by atoms with Gasteiger partial charge in [-0.25, -0.2) is 0 Å². The van der Waals surface area contributed by atoms with Crippen molar-refractivity contribution in [3.05, 3.63) is 0 Å². The fourth-order valence-electron chi connectivity index (χ4n) is 4.84. The maximum absolute atomic E-state index is 12.8. The van der Waals surface area contributed by atoms with Crippen molar-refractivity contribution in [2.24, 2.45) is 16.2 Å². The molecule has 3 fully saturated rings. The number of methoxy groups -OCH3 is 1. The first-order chi connectivity index (χ1) is 10.1. The lowest BCUT2D eigenvalue weighted by molar-refractivity contribution is -0.184. The van der Waals surface area contributed by atoms with Crippen LogP contribution in [0.15, 0.2) is 0 Å². The van der Waals surface area contributed by atoms with Crippen LogP contribution in [-0.4, -0.2) is 35.7 Å². The van der Waals surface area contributed by atoms with Crippen LogP contribution in [0.4, 0.5) is 0 Å². The lowest BCUT2D eigenvalue weighted by Crippen LogP contribution is -2.69. The van der Waals surface area contributed by atoms with E-state index in [9.17, 15) is 14.7 Å². The Morgan fingerprint density at radius 1 is 1.09 bits per heavy atom. The maximum atomic E-state index is 12.8. The minimum Gasteiger partial charge on any atom is -0.481 e. The summed E-state index contributed by atoms with van der Waals surface area (Å²) in [5.74, 6) is -0.667. The molecule has 2 unspecified atom stereocenters. The summed E-state index contributed by atoms with van der Waals surface area (Å²) >= 11 is 0. The summed E-state index contributed by atoms with van der Waals surface area (Å²) in [4.78, 5) is 24.3. The highest BCUT2D eigenvalue weighted by Crippen LogP contribution is 2.62. The zero-order valence-corrected chi connectivity index (χ0v) is 14.0. The van der Waals surface area contributed by atoms with Crippen LogP contribution >= 0.6 is 0 Å². The van der Waals surface area contributed by atoms with Gasteiger partial charge in [0.1, 0.15) is 0 Å². The van der Waals surface area contributed by atoms with E-state index in [4.69, 9.17) is 4.74 Å². The minimum atomic E-state index is -0.726. The molecule has 5 nitrogen and oxygen atoms in total. The van der Waals surface area contributed by atoms with Gasteiger partial charge < -0.3 is 15.2 Å². The molecule has 1 amide bonds. The van der Waals surface area contributed by atoms with Crippen LogP contribution in [0.2, 0.25) is 0 Å². The zero-order valence-electron chi connectivity index (χ0n) is 14.0. The van der Waals surface area contributed by atoms with E-state index >= 15 is 0 Å². The Morgan fingerprint density at radius 3 is 2.05 bits per heavy atom. The Balaban J connectivity index is 1.69. The van der Waals surface area contributed by atoms with E-state index in [1.807, 2.05) is 0 Å². The molecule has 2 atom stereocenters. The van der Waals surface area contributed by atoms with E-state index in [0.29, 0.717) is 32.1 Å². The third-order valence-corrected chi connectivity index (χ3v) is 7.36. The van der Waals surface area contributed by atoms with Gasteiger partial charge in [0.05, 0.1) is 16.4 Å². The van der Waals surface area contributed by atoms with Crippen LogP contribution in [0.25, 0.3) is 0 Å². The average molecular weight is 309 g/mol. The number of hydrogen-bond donors (Lipinski definition) is 2. The minimum absolute atomic E-state index is 0.0596. The summed E-state index contributed by atoms with van der Waals surface area (Å²) in [5.41, 5.74) is -1.42. The van der Waals surface area contributed by atoms with E-state index in [1.165, 1.54) is 0 Å². The van der Waals surface area contributed by atoms with Gasteiger partial charge in [0.15, 0.2) is 0 Å². The second-order valence-electron chi connectivity index (χ2n) is 8.43.